The Hall–Kier alpha value is -0.730. The smallest absolute Gasteiger partial charge is 0.123 e. The lowest BCUT2D eigenvalue weighted by Crippen LogP contribution is -2.45. The molecule has 0 radical (unpaired) electrons. The normalized spacial score (nSPS) is 17.1. The average Bonchev–Trinajstić information content (AvgIpc) is 2.34. The molecule has 0 unspecified atom stereocenters. The van der Waals surface area contributed by atoms with Crippen molar-refractivity contribution in [2.24, 2.45) is 0 Å². The molecule has 0 aliphatic heterocycles. The third-order valence-electron chi connectivity index (χ3n) is 4.34. The van der Waals surface area contributed by atoms with Gasteiger partial charge in [0.2, 0.25) is 0 Å². The molecule has 20 heavy (non-hydrogen) atoms. The predicted molar refractivity (Wildman–Crippen MR) is 86.0 cm³/mol. The summed E-state index contributed by atoms with van der Waals surface area (Å²) >= 11 is 6.33. The lowest BCUT2D eigenvalue weighted by molar-refractivity contribution is -0.0144. The number of benzene rings is 1. The topological polar surface area (TPSA) is 21.3 Å². The number of nitrogens with one attached hydrogen (secondary N) is 1. The zero-order valence-corrected chi connectivity index (χ0v) is 13.8. The van der Waals surface area contributed by atoms with Crippen LogP contribution in [0.25, 0.3) is 0 Å². The summed E-state index contributed by atoms with van der Waals surface area (Å²) in [4.78, 5) is 0. The standard InChI is InChI=1S/C17H26ClNO/c1-12(2)14-11-16(13(3)10-15(14)18)20-17(6-5-7-17)8-9-19-4/h10-12,19H,5-9H2,1-4H3. The Bertz CT molecular complexity index is 466. The van der Waals surface area contributed by atoms with Gasteiger partial charge in [-0.1, -0.05) is 25.4 Å². The van der Waals surface area contributed by atoms with Gasteiger partial charge in [0.25, 0.3) is 0 Å². The quantitative estimate of drug-likeness (QED) is 0.822. The largest absolute Gasteiger partial charge is 0.487 e. The molecule has 0 amide bonds. The molecule has 1 fully saturated rings. The van der Waals surface area contributed by atoms with Gasteiger partial charge in [0.1, 0.15) is 11.4 Å². The van der Waals surface area contributed by atoms with Crippen LogP contribution in [-0.2, 0) is 0 Å². The number of rotatable bonds is 6. The summed E-state index contributed by atoms with van der Waals surface area (Å²) in [5, 5.41) is 4.08. The van der Waals surface area contributed by atoms with E-state index in [1.54, 1.807) is 0 Å². The Balaban J connectivity index is 2.21. The fourth-order valence-corrected chi connectivity index (χ4v) is 3.22. The van der Waals surface area contributed by atoms with Crippen LogP contribution in [0.4, 0.5) is 0 Å². The van der Waals surface area contributed by atoms with Crippen molar-refractivity contribution in [3.8, 4) is 5.75 Å². The minimum Gasteiger partial charge on any atom is -0.487 e. The number of aryl methyl sites for hydroxylation is 1. The molecule has 1 aliphatic rings. The molecule has 0 saturated heterocycles. The average molecular weight is 296 g/mol. The van der Waals surface area contributed by atoms with Crippen LogP contribution in [0.5, 0.6) is 5.75 Å². The zero-order chi connectivity index (χ0) is 14.8. The molecule has 1 aromatic carbocycles. The Kier molecular flexibility index (Phi) is 4.98. The first-order chi connectivity index (χ1) is 9.47. The second-order valence-electron chi connectivity index (χ2n) is 6.29. The summed E-state index contributed by atoms with van der Waals surface area (Å²) in [5.41, 5.74) is 2.35. The number of hydrogen-bond acceptors (Lipinski definition) is 2. The molecule has 0 bridgehead atoms. The molecule has 2 nitrogen and oxygen atoms in total. The molecular formula is C17H26ClNO. The van der Waals surface area contributed by atoms with Crippen LogP contribution >= 0.6 is 11.6 Å². The maximum Gasteiger partial charge on any atom is 0.123 e. The fourth-order valence-electron chi connectivity index (χ4n) is 2.78. The highest BCUT2D eigenvalue weighted by molar-refractivity contribution is 6.31. The van der Waals surface area contributed by atoms with Crippen molar-refractivity contribution in [2.45, 2.75) is 58.0 Å². The molecule has 0 heterocycles. The lowest BCUT2D eigenvalue weighted by atomic mass is 9.77. The number of halogens is 1. The first-order valence-electron chi connectivity index (χ1n) is 7.61. The second-order valence-corrected chi connectivity index (χ2v) is 6.69. The van der Waals surface area contributed by atoms with Crippen LogP contribution in [0, 0.1) is 6.92 Å². The summed E-state index contributed by atoms with van der Waals surface area (Å²) in [6, 6.07) is 4.18. The van der Waals surface area contributed by atoms with Gasteiger partial charge in [-0.3, -0.25) is 0 Å². The van der Waals surface area contributed by atoms with Crippen molar-refractivity contribution in [3.63, 3.8) is 0 Å². The van der Waals surface area contributed by atoms with Gasteiger partial charge in [0.15, 0.2) is 0 Å². The van der Waals surface area contributed by atoms with Gasteiger partial charge in [0, 0.05) is 5.02 Å². The van der Waals surface area contributed by atoms with Crippen LogP contribution in [-0.4, -0.2) is 19.2 Å². The predicted octanol–water partition coefficient (Wildman–Crippen LogP) is 4.68. The first-order valence-corrected chi connectivity index (χ1v) is 7.99. The fraction of sp³-hybridized carbons (Fsp3) is 0.647. The van der Waals surface area contributed by atoms with E-state index in [-0.39, 0.29) is 5.60 Å². The highest BCUT2D eigenvalue weighted by Crippen LogP contribution is 2.41. The van der Waals surface area contributed by atoms with E-state index in [1.165, 1.54) is 12.0 Å². The van der Waals surface area contributed by atoms with E-state index < -0.39 is 0 Å². The van der Waals surface area contributed by atoms with Crippen molar-refractivity contribution in [2.75, 3.05) is 13.6 Å². The van der Waals surface area contributed by atoms with Gasteiger partial charge in [-0.2, -0.15) is 0 Å². The lowest BCUT2D eigenvalue weighted by Gasteiger charge is -2.42. The van der Waals surface area contributed by atoms with Crippen LogP contribution in [0.1, 0.15) is 56.6 Å². The Morgan fingerprint density at radius 1 is 1.35 bits per heavy atom. The highest BCUT2D eigenvalue weighted by Gasteiger charge is 2.39. The van der Waals surface area contributed by atoms with Crippen molar-refractivity contribution in [1.82, 2.24) is 5.32 Å². The molecule has 1 saturated carbocycles. The summed E-state index contributed by atoms with van der Waals surface area (Å²) in [6.07, 6.45) is 4.66. The third kappa shape index (κ3) is 3.29. The molecule has 3 heteroatoms. The minimum atomic E-state index is 0.0375. The number of ether oxygens (including phenoxy) is 1. The maximum atomic E-state index is 6.42. The van der Waals surface area contributed by atoms with E-state index in [9.17, 15) is 0 Å². The zero-order valence-electron chi connectivity index (χ0n) is 13.1. The van der Waals surface area contributed by atoms with E-state index in [0.29, 0.717) is 5.92 Å². The van der Waals surface area contributed by atoms with Gasteiger partial charge < -0.3 is 10.1 Å². The molecule has 1 aliphatic carbocycles. The molecular weight excluding hydrogens is 270 g/mol. The van der Waals surface area contributed by atoms with E-state index in [4.69, 9.17) is 16.3 Å². The summed E-state index contributed by atoms with van der Waals surface area (Å²) in [6.45, 7) is 7.42. The van der Waals surface area contributed by atoms with Gasteiger partial charge in [-0.15, -0.1) is 0 Å². The first kappa shape index (κ1) is 15.7. The van der Waals surface area contributed by atoms with E-state index in [1.807, 2.05) is 13.1 Å². The third-order valence-corrected chi connectivity index (χ3v) is 4.67. The molecule has 1 aromatic rings. The van der Waals surface area contributed by atoms with Crippen LogP contribution in [0.15, 0.2) is 12.1 Å². The molecule has 112 valence electrons. The van der Waals surface area contributed by atoms with Crippen LogP contribution in [0.3, 0.4) is 0 Å². The van der Waals surface area contributed by atoms with Gasteiger partial charge >= 0.3 is 0 Å². The van der Waals surface area contributed by atoms with E-state index >= 15 is 0 Å². The molecule has 0 aromatic heterocycles. The van der Waals surface area contributed by atoms with E-state index in [0.717, 1.165) is 42.1 Å². The van der Waals surface area contributed by atoms with Gasteiger partial charge in [-0.25, -0.2) is 0 Å². The molecule has 2 rings (SSSR count). The van der Waals surface area contributed by atoms with Crippen molar-refractivity contribution in [1.29, 1.82) is 0 Å². The van der Waals surface area contributed by atoms with Gasteiger partial charge in [-0.05, 0) is 75.4 Å². The summed E-state index contributed by atoms with van der Waals surface area (Å²) < 4.78 is 6.42. The van der Waals surface area contributed by atoms with Crippen molar-refractivity contribution in [3.05, 3.63) is 28.3 Å². The van der Waals surface area contributed by atoms with Crippen LogP contribution < -0.4 is 10.1 Å². The molecule has 1 N–H and O–H groups in total. The molecule has 0 atom stereocenters. The van der Waals surface area contributed by atoms with E-state index in [2.05, 4.69) is 32.2 Å². The summed E-state index contributed by atoms with van der Waals surface area (Å²) in [7, 11) is 2.00. The monoisotopic (exact) mass is 295 g/mol. The number of hydrogen-bond donors (Lipinski definition) is 1. The highest BCUT2D eigenvalue weighted by atomic mass is 35.5. The molecule has 0 spiro atoms. The Morgan fingerprint density at radius 3 is 2.55 bits per heavy atom. The minimum absolute atomic E-state index is 0.0375. The maximum absolute atomic E-state index is 6.42. The summed E-state index contributed by atoms with van der Waals surface area (Å²) in [5.74, 6) is 1.43. The Morgan fingerprint density at radius 2 is 2.05 bits per heavy atom. The van der Waals surface area contributed by atoms with Crippen molar-refractivity contribution >= 4 is 11.6 Å². The van der Waals surface area contributed by atoms with Crippen molar-refractivity contribution < 1.29 is 4.74 Å². The second kappa shape index (κ2) is 6.36. The SMILES string of the molecule is CNCCC1(Oc2cc(C(C)C)c(Cl)cc2C)CCC1. The van der Waals surface area contributed by atoms with Gasteiger partial charge in [0.05, 0.1) is 0 Å². The van der Waals surface area contributed by atoms with Crippen LogP contribution in [0.2, 0.25) is 5.02 Å². The Labute approximate surface area is 127 Å².